The van der Waals surface area contributed by atoms with Crippen molar-refractivity contribution in [1.82, 2.24) is 19.2 Å². The molecule has 0 radical (unpaired) electrons. The Balaban J connectivity index is 1.89. The van der Waals surface area contributed by atoms with Gasteiger partial charge in [0.2, 0.25) is 0 Å². The van der Waals surface area contributed by atoms with Crippen LogP contribution in [0.2, 0.25) is 5.02 Å². The smallest absolute Gasteiger partial charge is 0.362 e. The summed E-state index contributed by atoms with van der Waals surface area (Å²) in [5, 5.41) is 4.76. The van der Waals surface area contributed by atoms with Crippen LogP contribution in [0.15, 0.2) is 50.4 Å². The molecule has 9 nitrogen and oxygen atoms in total. The number of methoxy groups -OCH3 is 2. The summed E-state index contributed by atoms with van der Waals surface area (Å²) in [7, 11) is 3.11. The average molecular weight is 457 g/mol. The van der Waals surface area contributed by atoms with E-state index in [0.29, 0.717) is 27.8 Å². The number of benzene rings is 2. The van der Waals surface area contributed by atoms with Crippen LogP contribution >= 0.6 is 11.6 Å². The Morgan fingerprint density at radius 2 is 1.78 bits per heavy atom. The summed E-state index contributed by atoms with van der Waals surface area (Å²) >= 11 is 5.91. The number of nitrogens with zero attached hydrogens (tertiary/aromatic N) is 4. The highest BCUT2D eigenvalue weighted by Gasteiger charge is 2.21. The fourth-order valence-corrected chi connectivity index (χ4v) is 3.53. The molecule has 0 aliphatic rings. The third-order valence-corrected chi connectivity index (χ3v) is 5.28. The zero-order valence-corrected chi connectivity index (χ0v) is 18.5. The van der Waals surface area contributed by atoms with Crippen LogP contribution in [0.4, 0.5) is 0 Å². The molecule has 4 aromatic rings. The molecule has 0 unspecified atom stereocenters. The van der Waals surface area contributed by atoms with Crippen LogP contribution < -0.4 is 20.9 Å². The van der Waals surface area contributed by atoms with Gasteiger partial charge in [0, 0.05) is 11.1 Å². The van der Waals surface area contributed by atoms with Crippen molar-refractivity contribution in [3.05, 3.63) is 68.0 Å². The van der Waals surface area contributed by atoms with Crippen LogP contribution in [0.3, 0.4) is 0 Å². The SMILES string of the molecule is CCCCc1cc(-c2nn3c(=O)n(-c4ccc(Cl)cc4)c(=O)nc3o2)c(OC)cc1OC. The molecule has 166 valence electrons. The quantitative estimate of drug-likeness (QED) is 0.419. The van der Waals surface area contributed by atoms with Crippen LogP contribution in [0, 0.1) is 0 Å². The van der Waals surface area contributed by atoms with Gasteiger partial charge in [-0.25, -0.2) is 14.2 Å². The van der Waals surface area contributed by atoms with Gasteiger partial charge in [0.05, 0.1) is 25.5 Å². The molecule has 2 aromatic heterocycles. The zero-order chi connectivity index (χ0) is 22.8. The molecular weight excluding hydrogens is 436 g/mol. The van der Waals surface area contributed by atoms with Crippen LogP contribution in [-0.2, 0) is 6.42 Å². The molecule has 0 aliphatic heterocycles. The van der Waals surface area contributed by atoms with Crippen molar-refractivity contribution in [1.29, 1.82) is 0 Å². The van der Waals surface area contributed by atoms with Crippen molar-refractivity contribution >= 4 is 17.4 Å². The maximum Gasteiger partial charge on any atom is 0.362 e. The number of rotatable bonds is 7. The van der Waals surface area contributed by atoms with Crippen LogP contribution in [0.5, 0.6) is 11.5 Å². The number of ether oxygens (including phenoxy) is 2. The van der Waals surface area contributed by atoms with E-state index in [1.807, 2.05) is 6.07 Å². The molecule has 10 heteroatoms. The maximum absolute atomic E-state index is 13.0. The first-order valence-electron chi connectivity index (χ1n) is 10.0. The molecule has 0 aliphatic carbocycles. The first kappa shape index (κ1) is 21.6. The van der Waals surface area contributed by atoms with E-state index in [1.54, 1.807) is 37.4 Å². The van der Waals surface area contributed by atoms with E-state index in [2.05, 4.69) is 17.0 Å². The maximum atomic E-state index is 13.0. The molecular formula is C22H21ClN4O5. The molecule has 2 aromatic carbocycles. The third kappa shape index (κ3) is 3.87. The normalized spacial score (nSPS) is 11.1. The molecule has 0 saturated carbocycles. The summed E-state index contributed by atoms with van der Waals surface area (Å²) in [5.74, 6) is 1.02. The zero-order valence-electron chi connectivity index (χ0n) is 17.8. The molecule has 0 N–H and O–H groups in total. The number of aromatic nitrogens is 4. The minimum atomic E-state index is -0.787. The van der Waals surface area contributed by atoms with Crippen molar-refractivity contribution in [3.63, 3.8) is 0 Å². The second-order valence-electron chi connectivity index (χ2n) is 7.06. The molecule has 4 rings (SSSR count). The lowest BCUT2D eigenvalue weighted by atomic mass is 10.0. The minimum Gasteiger partial charge on any atom is -0.496 e. The fraction of sp³-hybridized carbons (Fsp3) is 0.273. The summed E-state index contributed by atoms with van der Waals surface area (Å²) in [6, 6.07) is 9.85. The van der Waals surface area contributed by atoms with Crippen LogP contribution in [0.1, 0.15) is 25.3 Å². The molecule has 0 saturated heterocycles. The monoisotopic (exact) mass is 456 g/mol. The Labute approximate surface area is 187 Å². The van der Waals surface area contributed by atoms with E-state index < -0.39 is 11.4 Å². The number of fused-ring (bicyclic) bond motifs is 1. The lowest BCUT2D eigenvalue weighted by Crippen LogP contribution is -2.38. The van der Waals surface area contributed by atoms with Crippen molar-refractivity contribution in [3.8, 4) is 28.6 Å². The first-order valence-corrected chi connectivity index (χ1v) is 10.4. The van der Waals surface area contributed by atoms with Crippen LogP contribution in [-0.4, -0.2) is 33.4 Å². The van der Waals surface area contributed by atoms with Gasteiger partial charge in [0.15, 0.2) is 0 Å². The Hall–Kier alpha value is -3.59. The molecule has 0 fully saturated rings. The van der Waals surface area contributed by atoms with Gasteiger partial charge < -0.3 is 13.9 Å². The summed E-state index contributed by atoms with van der Waals surface area (Å²) in [6.45, 7) is 2.10. The van der Waals surface area contributed by atoms with Gasteiger partial charge in [-0.15, -0.1) is 14.6 Å². The van der Waals surface area contributed by atoms with E-state index in [0.717, 1.165) is 33.9 Å². The predicted octanol–water partition coefficient (Wildman–Crippen LogP) is 3.51. The van der Waals surface area contributed by atoms with E-state index in [4.69, 9.17) is 25.5 Å². The molecule has 0 bridgehead atoms. The third-order valence-electron chi connectivity index (χ3n) is 5.03. The molecule has 0 spiro atoms. The largest absolute Gasteiger partial charge is 0.496 e. The van der Waals surface area contributed by atoms with Crippen molar-refractivity contribution in [2.75, 3.05) is 14.2 Å². The molecule has 0 amide bonds. The number of halogens is 1. The van der Waals surface area contributed by atoms with Crippen LogP contribution in [0.25, 0.3) is 23.0 Å². The Morgan fingerprint density at radius 3 is 2.44 bits per heavy atom. The summed E-state index contributed by atoms with van der Waals surface area (Å²) in [4.78, 5) is 29.4. The predicted molar refractivity (Wildman–Crippen MR) is 119 cm³/mol. The minimum absolute atomic E-state index is 0.0973. The Bertz CT molecular complexity index is 1390. The lowest BCUT2D eigenvalue weighted by Gasteiger charge is -2.13. The molecule has 32 heavy (non-hydrogen) atoms. The number of aryl methyl sites for hydroxylation is 1. The van der Waals surface area contributed by atoms with E-state index in [9.17, 15) is 9.59 Å². The average Bonchev–Trinajstić information content (AvgIpc) is 3.22. The van der Waals surface area contributed by atoms with Crippen molar-refractivity contribution in [2.45, 2.75) is 26.2 Å². The van der Waals surface area contributed by atoms with Gasteiger partial charge in [-0.05, 0) is 48.7 Å². The van der Waals surface area contributed by atoms with Gasteiger partial charge >= 0.3 is 17.2 Å². The summed E-state index contributed by atoms with van der Waals surface area (Å²) < 4.78 is 18.5. The van der Waals surface area contributed by atoms with E-state index >= 15 is 0 Å². The second-order valence-corrected chi connectivity index (χ2v) is 7.49. The highest BCUT2D eigenvalue weighted by atomic mass is 35.5. The topological polar surface area (TPSA) is 101 Å². The van der Waals surface area contributed by atoms with Gasteiger partial charge in [0.25, 0.3) is 5.89 Å². The number of unbranched alkanes of at least 4 members (excludes halogenated alkanes) is 1. The van der Waals surface area contributed by atoms with Gasteiger partial charge in [-0.2, -0.15) is 0 Å². The van der Waals surface area contributed by atoms with Crippen molar-refractivity contribution in [2.24, 2.45) is 0 Å². The Morgan fingerprint density at radius 1 is 1.06 bits per heavy atom. The standard InChI is InChI=1S/C22H21ClN4O5/c1-4-5-6-13-11-16(18(31-3)12-17(13)30-2)19-25-27-21(32-19)24-20(28)26(22(27)29)15-9-7-14(23)8-10-15/h7-12H,4-6H2,1-3H3. The van der Waals surface area contributed by atoms with Crippen molar-refractivity contribution < 1.29 is 13.9 Å². The Kier molecular flexibility index (Phi) is 6.00. The van der Waals surface area contributed by atoms with Gasteiger partial charge in [-0.3, -0.25) is 0 Å². The van der Waals surface area contributed by atoms with Gasteiger partial charge in [-0.1, -0.05) is 24.9 Å². The van der Waals surface area contributed by atoms with Gasteiger partial charge in [0.1, 0.15) is 11.5 Å². The van der Waals surface area contributed by atoms with E-state index in [1.165, 1.54) is 7.11 Å². The molecule has 0 atom stereocenters. The molecule has 2 heterocycles. The highest BCUT2D eigenvalue weighted by molar-refractivity contribution is 6.30. The fourth-order valence-electron chi connectivity index (χ4n) is 3.40. The highest BCUT2D eigenvalue weighted by Crippen LogP contribution is 2.36. The van der Waals surface area contributed by atoms with E-state index in [-0.39, 0.29) is 11.7 Å². The first-order chi connectivity index (χ1) is 15.5. The lowest BCUT2D eigenvalue weighted by molar-refractivity contribution is 0.390. The number of hydrogen-bond acceptors (Lipinski definition) is 7. The summed E-state index contributed by atoms with van der Waals surface area (Å²) in [6.07, 6.45) is 2.78. The number of hydrogen-bond donors (Lipinski definition) is 0. The summed E-state index contributed by atoms with van der Waals surface area (Å²) in [5.41, 5.74) is 0.296. The second kappa shape index (κ2) is 8.88.